The van der Waals surface area contributed by atoms with Crippen molar-refractivity contribution in [2.24, 2.45) is 5.73 Å². The second kappa shape index (κ2) is 7.75. The van der Waals surface area contributed by atoms with E-state index >= 15 is 0 Å². The molecule has 3 heterocycles. The van der Waals surface area contributed by atoms with Gasteiger partial charge in [-0.25, -0.2) is 9.97 Å². The van der Waals surface area contributed by atoms with Gasteiger partial charge in [0.15, 0.2) is 0 Å². The Balaban J connectivity index is 1.43. The van der Waals surface area contributed by atoms with Gasteiger partial charge in [-0.3, -0.25) is 4.79 Å². The molecule has 0 bridgehead atoms. The molecule has 7 nitrogen and oxygen atoms in total. The molecular weight excluding hydrogens is 340 g/mol. The molecule has 0 unspecified atom stereocenters. The summed E-state index contributed by atoms with van der Waals surface area (Å²) in [5.74, 6) is 1.05. The Morgan fingerprint density at radius 3 is 2.78 bits per heavy atom. The molecular formula is C20H24N6O. The van der Waals surface area contributed by atoms with Crippen molar-refractivity contribution in [3.8, 4) is 11.4 Å². The summed E-state index contributed by atoms with van der Waals surface area (Å²) in [6.07, 6.45) is 5.75. The second-order valence-corrected chi connectivity index (χ2v) is 6.91. The topological polar surface area (TPSA) is 99.9 Å². The molecule has 2 aromatic heterocycles. The molecule has 0 aliphatic carbocycles. The Morgan fingerprint density at radius 2 is 2.04 bits per heavy atom. The first-order chi connectivity index (χ1) is 13.2. The van der Waals surface area contributed by atoms with Gasteiger partial charge < -0.3 is 20.9 Å². The number of aromatic amines is 1. The number of rotatable bonds is 6. The number of fused-ring (bicyclic) bond motifs is 1. The number of carbonyl (C=O) groups excluding carboxylic acids is 1. The quantitative estimate of drug-likeness (QED) is 0.624. The fraction of sp³-hybridized carbons (Fsp3) is 0.350. The van der Waals surface area contributed by atoms with Crippen LogP contribution in [0.5, 0.6) is 0 Å². The van der Waals surface area contributed by atoms with E-state index in [9.17, 15) is 4.79 Å². The first kappa shape index (κ1) is 17.5. The van der Waals surface area contributed by atoms with E-state index in [-0.39, 0.29) is 0 Å². The number of H-pyrrole nitrogens is 1. The Labute approximate surface area is 158 Å². The minimum Gasteiger partial charge on any atom is -0.369 e. The van der Waals surface area contributed by atoms with Gasteiger partial charge in [0.05, 0.1) is 16.6 Å². The summed E-state index contributed by atoms with van der Waals surface area (Å²) in [7, 11) is 0. The summed E-state index contributed by atoms with van der Waals surface area (Å²) in [5.41, 5.74) is 8.11. The smallest absolute Gasteiger partial charge is 0.250 e. The largest absolute Gasteiger partial charge is 0.369 e. The fourth-order valence-corrected chi connectivity index (χ4v) is 3.54. The maximum atomic E-state index is 11.6. The third kappa shape index (κ3) is 3.93. The fourth-order valence-electron chi connectivity index (χ4n) is 3.54. The van der Waals surface area contributed by atoms with E-state index in [1.54, 1.807) is 18.3 Å². The number of carbonyl (C=O) groups is 1. The number of para-hydroxylation sites is 1. The van der Waals surface area contributed by atoms with Crippen molar-refractivity contribution < 1.29 is 4.79 Å². The average molecular weight is 364 g/mol. The number of nitrogens with one attached hydrogen (secondary N) is 2. The van der Waals surface area contributed by atoms with Gasteiger partial charge in [0.1, 0.15) is 11.6 Å². The standard InChI is InChI=1S/C20H24N6O/c21-19(27)15-5-4-6-16-18(15)25-20(24-16)14-7-8-17(23-13-14)22-9-12-26-10-2-1-3-11-26/h4-8,13H,1-3,9-12H2,(H2,21,27)(H,22,23)(H,24,25). The third-order valence-electron chi connectivity index (χ3n) is 5.00. The molecule has 0 radical (unpaired) electrons. The maximum absolute atomic E-state index is 11.6. The van der Waals surface area contributed by atoms with Crippen molar-refractivity contribution in [2.75, 3.05) is 31.5 Å². The van der Waals surface area contributed by atoms with Gasteiger partial charge in [0.25, 0.3) is 5.91 Å². The predicted octanol–water partition coefficient (Wildman–Crippen LogP) is 2.62. The van der Waals surface area contributed by atoms with Crippen molar-refractivity contribution in [2.45, 2.75) is 19.3 Å². The summed E-state index contributed by atoms with van der Waals surface area (Å²) in [6.45, 7) is 4.34. The highest BCUT2D eigenvalue weighted by Gasteiger charge is 2.12. The number of anilines is 1. The van der Waals surface area contributed by atoms with Gasteiger partial charge in [-0.2, -0.15) is 0 Å². The van der Waals surface area contributed by atoms with Crippen molar-refractivity contribution in [1.82, 2.24) is 19.9 Å². The number of likely N-dealkylation sites (tertiary alicyclic amines) is 1. The van der Waals surface area contributed by atoms with E-state index in [0.717, 1.165) is 24.5 Å². The highest BCUT2D eigenvalue weighted by molar-refractivity contribution is 6.04. The SMILES string of the molecule is NC(=O)c1cccc2nc(-c3ccc(NCCN4CCCCC4)nc3)[nH]c12. The zero-order valence-electron chi connectivity index (χ0n) is 15.2. The number of piperidine rings is 1. The van der Waals surface area contributed by atoms with Gasteiger partial charge in [-0.05, 0) is 50.2 Å². The monoisotopic (exact) mass is 364 g/mol. The van der Waals surface area contributed by atoms with Crippen LogP contribution in [0.15, 0.2) is 36.5 Å². The van der Waals surface area contributed by atoms with Crippen molar-refractivity contribution in [3.63, 3.8) is 0 Å². The van der Waals surface area contributed by atoms with E-state index in [2.05, 4.69) is 25.2 Å². The predicted molar refractivity (Wildman–Crippen MR) is 107 cm³/mol. The van der Waals surface area contributed by atoms with Gasteiger partial charge in [0.2, 0.25) is 0 Å². The van der Waals surface area contributed by atoms with Crippen molar-refractivity contribution >= 4 is 22.8 Å². The normalized spacial score (nSPS) is 15.1. The molecule has 7 heteroatoms. The van der Waals surface area contributed by atoms with Gasteiger partial charge in [-0.15, -0.1) is 0 Å². The summed E-state index contributed by atoms with van der Waals surface area (Å²) < 4.78 is 0. The number of nitrogens with zero attached hydrogens (tertiary/aromatic N) is 3. The minimum absolute atomic E-state index is 0.440. The molecule has 140 valence electrons. The van der Waals surface area contributed by atoms with Gasteiger partial charge in [-0.1, -0.05) is 12.5 Å². The number of aromatic nitrogens is 3. The lowest BCUT2D eigenvalue weighted by Gasteiger charge is -2.26. The number of primary amides is 1. The lowest BCUT2D eigenvalue weighted by molar-refractivity contribution is 0.100. The van der Waals surface area contributed by atoms with Crippen LogP contribution in [-0.4, -0.2) is 51.9 Å². The molecule has 1 saturated heterocycles. The average Bonchev–Trinajstić information content (AvgIpc) is 3.13. The number of hydrogen-bond donors (Lipinski definition) is 3. The van der Waals surface area contributed by atoms with Crippen LogP contribution in [0.3, 0.4) is 0 Å². The molecule has 1 aliphatic rings. The number of hydrogen-bond acceptors (Lipinski definition) is 5. The molecule has 1 amide bonds. The molecule has 27 heavy (non-hydrogen) atoms. The summed E-state index contributed by atoms with van der Waals surface area (Å²) in [6, 6.07) is 9.25. The highest BCUT2D eigenvalue weighted by Crippen LogP contribution is 2.23. The van der Waals surface area contributed by atoms with Crippen LogP contribution in [0.2, 0.25) is 0 Å². The summed E-state index contributed by atoms with van der Waals surface area (Å²) in [4.78, 5) is 26.3. The first-order valence-corrected chi connectivity index (χ1v) is 9.42. The van der Waals surface area contributed by atoms with Crippen molar-refractivity contribution in [1.29, 1.82) is 0 Å². The van der Waals surface area contributed by atoms with Crippen LogP contribution in [0.4, 0.5) is 5.82 Å². The molecule has 0 spiro atoms. The minimum atomic E-state index is -0.470. The maximum Gasteiger partial charge on any atom is 0.250 e. The lowest BCUT2D eigenvalue weighted by atomic mass is 10.1. The molecule has 1 aliphatic heterocycles. The van der Waals surface area contributed by atoms with E-state index in [4.69, 9.17) is 5.73 Å². The summed E-state index contributed by atoms with van der Waals surface area (Å²) in [5, 5.41) is 3.38. The van der Waals surface area contributed by atoms with Crippen molar-refractivity contribution in [3.05, 3.63) is 42.1 Å². The first-order valence-electron chi connectivity index (χ1n) is 9.42. The van der Waals surface area contributed by atoms with Crippen LogP contribution < -0.4 is 11.1 Å². The Hall–Kier alpha value is -2.93. The van der Waals surface area contributed by atoms with Crippen LogP contribution in [0, 0.1) is 0 Å². The van der Waals surface area contributed by atoms with Crippen LogP contribution in [-0.2, 0) is 0 Å². The lowest BCUT2D eigenvalue weighted by Crippen LogP contribution is -2.33. The number of pyridine rings is 1. The highest BCUT2D eigenvalue weighted by atomic mass is 16.1. The zero-order chi connectivity index (χ0) is 18.6. The Kier molecular flexibility index (Phi) is 5.02. The zero-order valence-corrected chi connectivity index (χ0v) is 15.2. The molecule has 0 atom stereocenters. The van der Waals surface area contributed by atoms with Gasteiger partial charge >= 0.3 is 0 Å². The summed E-state index contributed by atoms with van der Waals surface area (Å²) >= 11 is 0. The van der Waals surface area contributed by atoms with Crippen LogP contribution in [0.1, 0.15) is 29.6 Å². The molecule has 1 fully saturated rings. The van der Waals surface area contributed by atoms with Crippen LogP contribution >= 0.6 is 0 Å². The van der Waals surface area contributed by atoms with Crippen LogP contribution in [0.25, 0.3) is 22.4 Å². The van der Waals surface area contributed by atoms with E-state index in [1.807, 2.05) is 18.2 Å². The number of imidazole rings is 1. The molecule has 4 N–H and O–H groups in total. The van der Waals surface area contributed by atoms with E-state index in [0.29, 0.717) is 22.4 Å². The van der Waals surface area contributed by atoms with E-state index in [1.165, 1.54) is 32.4 Å². The number of amides is 1. The Morgan fingerprint density at radius 1 is 1.19 bits per heavy atom. The third-order valence-corrected chi connectivity index (χ3v) is 5.00. The second-order valence-electron chi connectivity index (χ2n) is 6.91. The van der Waals surface area contributed by atoms with Gasteiger partial charge in [0, 0.05) is 24.8 Å². The molecule has 4 rings (SSSR count). The molecule has 3 aromatic rings. The molecule has 1 aromatic carbocycles. The van der Waals surface area contributed by atoms with E-state index < -0.39 is 5.91 Å². The molecule has 0 saturated carbocycles. The Bertz CT molecular complexity index is 927. The number of nitrogens with two attached hydrogens (primary N) is 1. The number of benzene rings is 1.